The fraction of sp³-hybridized carbons (Fsp3) is 0.556. The molecule has 0 radical (unpaired) electrons. The van der Waals surface area contributed by atoms with E-state index >= 15 is 0 Å². The minimum absolute atomic E-state index is 0.00110. The first-order valence-corrected chi connectivity index (χ1v) is 8.08. The lowest BCUT2D eigenvalue weighted by molar-refractivity contribution is -0.136. The molecule has 0 bridgehead atoms. The van der Waals surface area contributed by atoms with Crippen molar-refractivity contribution < 1.29 is 18.7 Å². The van der Waals surface area contributed by atoms with Gasteiger partial charge in [0.25, 0.3) is 0 Å². The van der Waals surface area contributed by atoms with Gasteiger partial charge in [-0.1, -0.05) is 6.07 Å². The lowest BCUT2D eigenvalue weighted by atomic mass is 10.1. The Bertz CT molecular complexity index is 614. The fourth-order valence-electron chi connectivity index (χ4n) is 2.29. The van der Waals surface area contributed by atoms with E-state index in [9.17, 15) is 14.0 Å². The standard InChI is InChI=1S/C18H28FN3O3/c1-18(2,3)20-16(23)11-22(5)17(24)12-21(4)10-13-7-8-15(25-6)14(19)9-13/h7-9H,10-12H2,1-6H3,(H,20,23). The summed E-state index contributed by atoms with van der Waals surface area (Å²) in [5, 5.41) is 2.82. The van der Waals surface area contributed by atoms with Gasteiger partial charge in [0.15, 0.2) is 11.6 Å². The van der Waals surface area contributed by atoms with Crippen LogP contribution in [0.1, 0.15) is 26.3 Å². The molecule has 0 saturated carbocycles. The topological polar surface area (TPSA) is 61.9 Å². The molecule has 0 aliphatic heterocycles. The number of hydrogen-bond donors (Lipinski definition) is 1. The molecule has 140 valence electrons. The third-order valence-electron chi connectivity index (χ3n) is 3.39. The van der Waals surface area contributed by atoms with E-state index in [0.717, 1.165) is 5.56 Å². The minimum Gasteiger partial charge on any atom is -0.494 e. The van der Waals surface area contributed by atoms with Gasteiger partial charge in [-0.15, -0.1) is 0 Å². The predicted molar refractivity (Wildman–Crippen MR) is 94.8 cm³/mol. The van der Waals surface area contributed by atoms with Gasteiger partial charge >= 0.3 is 0 Å². The Hall–Kier alpha value is -2.15. The van der Waals surface area contributed by atoms with E-state index in [-0.39, 0.29) is 36.2 Å². The van der Waals surface area contributed by atoms with Crippen molar-refractivity contribution in [3.8, 4) is 5.75 Å². The molecule has 25 heavy (non-hydrogen) atoms. The van der Waals surface area contributed by atoms with Gasteiger partial charge < -0.3 is 15.0 Å². The second-order valence-corrected chi connectivity index (χ2v) is 7.19. The highest BCUT2D eigenvalue weighted by Gasteiger charge is 2.18. The molecule has 7 heteroatoms. The van der Waals surface area contributed by atoms with Crippen LogP contribution in [0, 0.1) is 5.82 Å². The zero-order chi connectivity index (χ0) is 19.2. The summed E-state index contributed by atoms with van der Waals surface area (Å²) in [4.78, 5) is 27.2. The Labute approximate surface area is 148 Å². The average Bonchev–Trinajstić information content (AvgIpc) is 2.45. The highest BCUT2D eigenvalue weighted by molar-refractivity contribution is 5.85. The van der Waals surface area contributed by atoms with Gasteiger partial charge in [0.05, 0.1) is 20.2 Å². The van der Waals surface area contributed by atoms with Crippen LogP contribution >= 0.6 is 0 Å². The van der Waals surface area contributed by atoms with Gasteiger partial charge in [-0.25, -0.2) is 4.39 Å². The first kappa shape index (κ1) is 20.9. The molecule has 0 saturated heterocycles. The van der Waals surface area contributed by atoms with Crippen LogP contribution in [0.3, 0.4) is 0 Å². The second kappa shape index (κ2) is 8.80. The molecule has 0 atom stereocenters. The van der Waals surface area contributed by atoms with Crippen molar-refractivity contribution in [3.05, 3.63) is 29.6 Å². The van der Waals surface area contributed by atoms with Crippen LogP contribution in [0.2, 0.25) is 0 Å². The van der Waals surface area contributed by atoms with Gasteiger partial charge in [-0.05, 0) is 45.5 Å². The molecule has 0 spiro atoms. The quantitative estimate of drug-likeness (QED) is 0.810. The summed E-state index contributed by atoms with van der Waals surface area (Å²) in [7, 11) is 4.77. The van der Waals surface area contributed by atoms with E-state index in [4.69, 9.17) is 4.74 Å². The number of benzene rings is 1. The zero-order valence-electron chi connectivity index (χ0n) is 15.9. The smallest absolute Gasteiger partial charge is 0.240 e. The molecule has 2 amide bonds. The van der Waals surface area contributed by atoms with Crippen LogP contribution in [0.5, 0.6) is 5.75 Å². The molecule has 0 aliphatic carbocycles. The minimum atomic E-state index is -0.435. The first-order valence-electron chi connectivity index (χ1n) is 8.08. The summed E-state index contributed by atoms with van der Waals surface area (Å²) in [5.74, 6) is -0.633. The number of hydrogen-bond acceptors (Lipinski definition) is 4. The molecule has 0 unspecified atom stereocenters. The highest BCUT2D eigenvalue weighted by atomic mass is 19.1. The van der Waals surface area contributed by atoms with Gasteiger partial charge in [0.1, 0.15) is 0 Å². The molecular formula is C18H28FN3O3. The number of amides is 2. The number of carbonyl (C=O) groups excluding carboxylic acids is 2. The summed E-state index contributed by atoms with van der Waals surface area (Å²) < 4.78 is 18.6. The van der Waals surface area contributed by atoms with Gasteiger partial charge in [-0.3, -0.25) is 14.5 Å². The summed E-state index contributed by atoms with van der Waals surface area (Å²) in [6, 6.07) is 4.70. The molecule has 0 aliphatic rings. The number of nitrogens with zero attached hydrogens (tertiary/aromatic N) is 2. The van der Waals surface area contributed by atoms with Gasteiger partial charge in [0.2, 0.25) is 11.8 Å². The average molecular weight is 353 g/mol. The summed E-state index contributed by atoms with van der Waals surface area (Å²) >= 11 is 0. The predicted octanol–water partition coefficient (Wildman–Crippen LogP) is 1.64. The largest absolute Gasteiger partial charge is 0.494 e. The summed E-state index contributed by atoms with van der Waals surface area (Å²) in [5.41, 5.74) is 0.401. The van der Waals surface area contributed by atoms with Crippen LogP contribution in [0.25, 0.3) is 0 Å². The Morgan fingerprint density at radius 1 is 1.20 bits per heavy atom. The SMILES string of the molecule is COc1ccc(CN(C)CC(=O)N(C)CC(=O)NC(C)(C)C)cc1F. The molecule has 1 rings (SSSR count). The van der Waals surface area contributed by atoms with E-state index < -0.39 is 5.82 Å². The monoisotopic (exact) mass is 353 g/mol. The molecule has 0 aromatic heterocycles. The van der Waals surface area contributed by atoms with Gasteiger partial charge in [-0.2, -0.15) is 0 Å². The molecule has 0 heterocycles. The number of carbonyl (C=O) groups is 2. The Balaban J connectivity index is 2.52. The van der Waals surface area contributed by atoms with E-state index in [2.05, 4.69) is 5.32 Å². The molecule has 1 aromatic rings. The Morgan fingerprint density at radius 3 is 2.36 bits per heavy atom. The molecule has 0 fully saturated rings. The first-order chi connectivity index (χ1) is 11.5. The van der Waals surface area contributed by atoms with Crippen molar-refractivity contribution in [2.75, 3.05) is 34.3 Å². The lowest BCUT2D eigenvalue weighted by Gasteiger charge is -2.25. The fourth-order valence-corrected chi connectivity index (χ4v) is 2.29. The number of halogens is 1. The van der Waals surface area contributed by atoms with Crippen molar-refractivity contribution >= 4 is 11.8 Å². The zero-order valence-corrected chi connectivity index (χ0v) is 15.9. The maximum Gasteiger partial charge on any atom is 0.240 e. The highest BCUT2D eigenvalue weighted by Crippen LogP contribution is 2.18. The molecule has 6 nitrogen and oxygen atoms in total. The number of nitrogens with one attached hydrogen (secondary N) is 1. The summed E-state index contributed by atoms with van der Waals surface area (Å²) in [6.45, 7) is 6.19. The van der Waals surface area contributed by atoms with Crippen LogP contribution < -0.4 is 10.1 Å². The Morgan fingerprint density at radius 2 is 1.84 bits per heavy atom. The van der Waals surface area contributed by atoms with Crippen LogP contribution in [-0.4, -0.2) is 61.4 Å². The van der Waals surface area contributed by atoms with Crippen molar-refractivity contribution in [3.63, 3.8) is 0 Å². The van der Waals surface area contributed by atoms with Crippen LogP contribution in [0.15, 0.2) is 18.2 Å². The van der Waals surface area contributed by atoms with Crippen molar-refractivity contribution in [2.45, 2.75) is 32.9 Å². The van der Waals surface area contributed by atoms with Crippen molar-refractivity contribution in [2.24, 2.45) is 0 Å². The second-order valence-electron chi connectivity index (χ2n) is 7.19. The number of ether oxygens (including phenoxy) is 1. The van der Waals surface area contributed by atoms with E-state index in [1.807, 2.05) is 20.8 Å². The third kappa shape index (κ3) is 7.51. The third-order valence-corrected chi connectivity index (χ3v) is 3.39. The van der Waals surface area contributed by atoms with E-state index in [1.165, 1.54) is 18.1 Å². The number of likely N-dealkylation sites (N-methyl/N-ethyl adjacent to an activating group) is 2. The summed E-state index contributed by atoms with van der Waals surface area (Å²) in [6.07, 6.45) is 0. The maximum atomic E-state index is 13.7. The van der Waals surface area contributed by atoms with Crippen LogP contribution in [0.4, 0.5) is 4.39 Å². The Kier molecular flexibility index (Phi) is 7.36. The molecule has 1 N–H and O–H groups in total. The van der Waals surface area contributed by atoms with E-state index in [0.29, 0.717) is 6.54 Å². The lowest BCUT2D eigenvalue weighted by Crippen LogP contribution is -2.47. The maximum absolute atomic E-state index is 13.7. The van der Waals surface area contributed by atoms with Crippen LogP contribution in [-0.2, 0) is 16.1 Å². The molecule has 1 aromatic carbocycles. The molecular weight excluding hydrogens is 325 g/mol. The van der Waals surface area contributed by atoms with Crippen molar-refractivity contribution in [1.29, 1.82) is 0 Å². The van der Waals surface area contributed by atoms with E-state index in [1.54, 1.807) is 31.1 Å². The number of methoxy groups -OCH3 is 1. The van der Waals surface area contributed by atoms with Crippen molar-refractivity contribution in [1.82, 2.24) is 15.1 Å². The normalized spacial score (nSPS) is 11.4. The number of rotatable bonds is 7. The van der Waals surface area contributed by atoms with Gasteiger partial charge in [0, 0.05) is 19.1 Å².